The molecular weight excluding hydrogens is 593 g/mol. The standard InChI is InChI=1S/C21H16N2S.C10H8O6S2/c1-15-6-2-4-8-17(15)21(23-12-11-22-14-23)18-9-5-3-7-16(18)20-19(21)10-13-24-20;11-17(12,13)9-5-1-3-7-8(9)4-2-6-10(7)18(14,15)16/h2-14H,1H3;1-6H,(H,11,12,13)(H,14,15,16). The zero-order valence-corrected chi connectivity index (χ0v) is 24.6. The molecule has 0 saturated carbocycles. The van der Waals surface area contributed by atoms with Crippen molar-refractivity contribution in [3.8, 4) is 10.4 Å². The van der Waals surface area contributed by atoms with Gasteiger partial charge in [-0.1, -0.05) is 72.8 Å². The van der Waals surface area contributed by atoms with E-state index in [0.29, 0.717) is 0 Å². The van der Waals surface area contributed by atoms with Crippen molar-refractivity contribution in [1.29, 1.82) is 0 Å². The fourth-order valence-electron chi connectivity index (χ4n) is 5.79. The summed E-state index contributed by atoms with van der Waals surface area (Å²) in [6, 6.07) is 27.2. The van der Waals surface area contributed by atoms with Crippen molar-refractivity contribution >= 4 is 42.3 Å². The third kappa shape index (κ3) is 4.46. The molecule has 212 valence electrons. The van der Waals surface area contributed by atoms with E-state index >= 15 is 0 Å². The Balaban J connectivity index is 0.000000158. The van der Waals surface area contributed by atoms with E-state index in [2.05, 4.69) is 82.6 Å². The van der Waals surface area contributed by atoms with Gasteiger partial charge in [0.25, 0.3) is 20.2 Å². The molecule has 11 heteroatoms. The van der Waals surface area contributed by atoms with Gasteiger partial charge in [-0.15, -0.1) is 11.3 Å². The quantitative estimate of drug-likeness (QED) is 0.219. The predicted octanol–water partition coefficient (Wildman–Crippen LogP) is 6.41. The Bertz CT molecular complexity index is 2100. The molecule has 7 rings (SSSR count). The van der Waals surface area contributed by atoms with E-state index in [4.69, 9.17) is 9.11 Å². The molecule has 2 aromatic heterocycles. The van der Waals surface area contributed by atoms with E-state index in [0.717, 1.165) is 12.1 Å². The second-order valence-corrected chi connectivity index (χ2v) is 13.5. The maximum Gasteiger partial charge on any atom is 0.295 e. The van der Waals surface area contributed by atoms with Crippen molar-refractivity contribution in [2.75, 3.05) is 0 Å². The molecule has 2 N–H and O–H groups in total. The highest BCUT2D eigenvalue weighted by Crippen LogP contribution is 2.55. The van der Waals surface area contributed by atoms with Crippen LogP contribution in [-0.4, -0.2) is 35.5 Å². The number of hydrogen-bond acceptors (Lipinski definition) is 6. The number of thiophene rings is 1. The van der Waals surface area contributed by atoms with Crippen LogP contribution < -0.4 is 0 Å². The molecule has 1 unspecified atom stereocenters. The van der Waals surface area contributed by atoms with Gasteiger partial charge in [0.1, 0.15) is 15.3 Å². The van der Waals surface area contributed by atoms with Gasteiger partial charge in [-0.05, 0) is 52.8 Å². The largest absolute Gasteiger partial charge is 0.319 e. The minimum atomic E-state index is -4.47. The first-order valence-electron chi connectivity index (χ1n) is 12.7. The minimum Gasteiger partial charge on any atom is -0.319 e. The van der Waals surface area contributed by atoms with Crippen molar-refractivity contribution < 1.29 is 25.9 Å². The lowest BCUT2D eigenvalue weighted by molar-refractivity contribution is 0.481. The Kier molecular flexibility index (Phi) is 6.87. The molecule has 0 aliphatic heterocycles. The highest BCUT2D eigenvalue weighted by molar-refractivity contribution is 7.86. The van der Waals surface area contributed by atoms with Gasteiger partial charge < -0.3 is 4.57 Å². The normalized spacial score (nSPS) is 16.0. The number of nitrogens with zero attached hydrogens (tertiary/aromatic N) is 2. The summed E-state index contributed by atoms with van der Waals surface area (Å²) in [5, 5.41) is 2.25. The van der Waals surface area contributed by atoms with Gasteiger partial charge in [0.05, 0.1) is 6.33 Å². The first-order chi connectivity index (χ1) is 20.0. The number of aryl methyl sites for hydroxylation is 1. The van der Waals surface area contributed by atoms with Gasteiger partial charge in [-0.2, -0.15) is 16.8 Å². The third-order valence-electron chi connectivity index (χ3n) is 7.44. The first kappa shape index (κ1) is 28.0. The van der Waals surface area contributed by atoms with Crippen LogP contribution in [0.25, 0.3) is 21.2 Å². The molecule has 0 spiro atoms. The summed E-state index contributed by atoms with van der Waals surface area (Å²) in [6.45, 7) is 2.20. The van der Waals surface area contributed by atoms with Crippen LogP contribution in [0.15, 0.2) is 125 Å². The summed E-state index contributed by atoms with van der Waals surface area (Å²) < 4.78 is 64.9. The number of imidazole rings is 1. The van der Waals surface area contributed by atoms with E-state index < -0.39 is 30.0 Å². The molecule has 2 heterocycles. The summed E-state index contributed by atoms with van der Waals surface area (Å²) in [7, 11) is -8.94. The van der Waals surface area contributed by atoms with Crippen LogP contribution in [-0.2, 0) is 25.8 Å². The Morgan fingerprint density at radius 1 is 0.714 bits per heavy atom. The zero-order valence-electron chi connectivity index (χ0n) is 22.1. The van der Waals surface area contributed by atoms with Gasteiger partial charge in [-0.25, -0.2) is 4.98 Å². The van der Waals surface area contributed by atoms with Crippen LogP contribution in [0.4, 0.5) is 0 Å². The van der Waals surface area contributed by atoms with Crippen molar-refractivity contribution in [3.63, 3.8) is 0 Å². The lowest BCUT2D eigenvalue weighted by Gasteiger charge is -2.35. The molecular formula is C31H24N2O6S3. The molecule has 1 aliphatic rings. The summed E-state index contributed by atoms with van der Waals surface area (Å²) in [6.07, 6.45) is 5.89. The lowest BCUT2D eigenvalue weighted by Crippen LogP contribution is -2.35. The highest BCUT2D eigenvalue weighted by atomic mass is 32.2. The number of rotatable bonds is 4. The van der Waals surface area contributed by atoms with Crippen LogP contribution in [0.3, 0.4) is 0 Å². The number of hydrogen-bond donors (Lipinski definition) is 2. The van der Waals surface area contributed by atoms with Crippen molar-refractivity contribution in [3.05, 3.63) is 137 Å². The maximum absolute atomic E-state index is 11.2. The van der Waals surface area contributed by atoms with Crippen molar-refractivity contribution in [1.82, 2.24) is 9.55 Å². The predicted molar refractivity (Wildman–Crippen MR) is 162 cm³/mol. The minimum absolute atomic E-state index is 0.0233. The second-order valence-electron chi connectivity index (χ2n) is 9.76. The van der Waals surface area contributed by atoms with Crippen LogP contribution in [0.2, 0.25) is 0 Å². The van der Waals surface area contributed by atoms with Gasteiger partial charge in [0, 0.05) is 33.6 Å². The molecule has 42 heavy (non-hydrogen) atoms. The summed E-state index contributed by atoms with van der Waals surface area (Å²) in [5.74, 6) is 0. The van der Waals surface area contributed by atoms with E-state index in [-0.39, 0.29) is 16.3 Å². The highest BCUT2D eigenvalue weighted by Gasteiger charge is 2.47. The van der Waals surface area contributed by atoms with Gasteiger partial charge >= 0.3 is 0 Å². The molecule has 0 fully saturated rings. The monoisotopic (exact) mass is 616 g/mol. The van der Waals surface area contributed by atoms with E-state index in [1.807, 2.05) is 23.9 Å². The van der Waals surface area contributed by atoms with Crippen molar-refractivity contribution in [2.24, 2.45) is 0 Å². The maximum atomic E-state index is 11.2. The fourth-order valence-corrected chi connectivity index (χ4v) is 8.19. The Hall–Kier alpha value is -4.13. The average Bonchev–Trinajstić information content (AvgIpc) is 3.71. The number of aromatic nitrogens is 2. The third-order valence-corrected chi connectivity index (χ3v) is 10.2. The average molecular weight is 617 g/mol. The Morgan fingerprint density at radius 3 is 1.88 bits per heavy atom. The van der Waals surface area contributed by atoms with Crippen molar-refractivity contribution in [2.45, 2.75) is 22.3 Å². The molecule has 0 saturated heterocycles. The number of benzene rings is 4. The topological polar surface area (TPSA) is 127 Å². The smallest absolute Gasteiger partial charge is 0.295 e. The fraction of sp³-hybridized carbons (Fsp3) is 0.0645. The molecule has 8 nitrogen and oxygen atoms in total. The second kappa shape index (κ2) is 10.3. The molecule has 4 aromatic carbocycles. The van der Waals surface area contributed by atoms with E-state index in [1.165, 1.54) is 57.0 Å². The van der Waals surface area contributed by atoms with Crippen LogP contribution in [0, 0.1) is 6.92 Å². The molecule has 1 aliphatic carbocycles. The molecule has 0 radical (unpaired) electrons. The molecule has 0 bridgehead atoms. The first-order valence-corrected chi connectivity index (χ1v) is 16.5. The SMILES string of the molecule is Cc1ccccc1C1(n2ccnc2)c2ccccc2-c2sccc21.O=S(=O)(O)c1cccc2c(S(=O)(=O)O)cccc12. The van der Waals surface area contributed by atoms with Gasteiger partial charge in [0.2, 0.25) is 0 Å². The Labute approximate surface area is 247 Å². The molecule has 0 amide bonds. The molecule has 6 aromatic rings. The van der Waals surface area contributed by atoms with Gasteiger partial charge in [0.15, 0.2) is 0 Å². The summed E-state index contributed by atoms with van der Waals surface area (Å²) in [5.41, 5.74) is 6.28. The molecule has 1 atom stereocenters. The van der Waals surface area contributed by atoms with E-state index in [9.17, 15) is 16.8 Å². The van der Waals surface area contributed by atoms with E-state index in [1.54, 1.807) is 0 Å². The van der Waals surface area contributed by atoms with Crippen LogP contribution in [0.5, 0.6) is 0 Å². The van der Waals surface area contributed by atoms with Crippen LogP contribution in [0.1, 0.15) is 22.3 Å². The zero-order chi connectivity index (χ0) is 29.7. The lowest BCUT2D eigenvalue weighted by atomic mass is 9.79. The van der Waals surface area contributed by atoms with Crippen LogP contribution >= 0.6 is 11.3 Å². The summed E-state index contributed by atoms with van der Waals surface area (Å²) >= 11 is 1.82. The Morgan fingerprint density at radius 2 is 1.31 bits per heavy atom. The summed E-state index contributed by atoms with van der Waals surface area (Å²) in [4.78, 5) is 4.90. The van der Waals surface area contributed by atoms with Gasteiger partial charge in [-0.3, -0.25) is 9.11 Å². The number of fused-ring (bicyclic) bond motifs is 4.